The Hall–Kier alpha value is -3.53. The predicted octanol–water partition coefficient (Wildman–Crippen LogP) is 3.85. The van der Waals surface area contributed by atoms with Crippen molar-refractivity contribution in [2.75, 3.05) is 17.2 Å². The number of benzene rings is 2. The monoisotopic (exact) mass is 526 g/mol. The standard InChI is InChI=1S/C27H34N4O5S/c1-5-6-13-29-24(33)19-11-12-22-21(14-19)31(15-17-7-9-18(10-8-17)23(28)32)25(34)20(16-37-22)30-26(35)36-27(2,3)4/h7-12,14,20H,5-6,13,15-16H2,1-4H3,(H2,28,32)(H,29,33)(H,30,35)/t20-/m0/s1. The van der Waals surface area contributed by atoms with Crippen LogP contribution in [-0.2, 0) is 16.1 Å². The summed E-state index contributed by atoms with van der Waals surface area (Å²) in [5.74, 6) is -0.796. The number of thioether (sulfide) groups is 1. The highest BCUT2D eigenvalue weighted by Gasteiger charge is 2.33. The van der Waals surface area contributed by atoms with E-state index in [0.717, 1.165) is 23.3 Å². The van der Waals surface area contributed by atoms with Gasteiger partial charge in [-0.2, -0.15) is 0 Å². The van der Waals surface area contributed by atoms with E-state index in [0.29, 0.717) is 29.1 Å². The van der Waals surface area contributed by atoms with Crippen molar-refractivity contribution in [1.29, 1.82) is 0 Å². The quantitative estimate of drug-likeness (QED) is 0.448. The SMILES string of the molecule is CCCCNC(=O)c1ccc2c(c1)N(Cc1ccc(C(N)=O)cc1)C(=O)[C@@H](NC(=O)OC(C)(C)C)CS2. The lowest BCUT2D eigenvalue weighted by atomic mass is 10.1. The van der Waals surface area contributed by atoms with Crippen molar-refractivity contribution >= 4 is 41.3 Å². The number of hydrogen-bond donors (Lipinski definition) is 3. The highest BCUT2D eigenvalue weighted by Crippen LogP contribution is 2.36. The Labute approximate surface area is 221 Å². The third kappa shape index (κ3) is 7.72. The maximum absolute atomic E-state index is 13.7. The summed E-state index contributed by atoms with van der Waals surface area (Å²) in [6.07, 6.45) is 1.15. The average molecular weight is 527 g/mol. The number of hydrogen-bond acceptors (Lipinski definition) is 6. The summed E-state index contributed by atoms with van der Waals surface area (Å²) in [5, 5.41) is 5.60. The van der Waals surface area contributed by atoms with Gasteiger partial charge in [0.05, 0.1) is 12.2 Å². The molecule has 1 heterocycles. The summed E-state index contributed by atoms with van der Waals surface area (Å²) in [6, 6.07) is 11.1. The average Bonchev–Trinajstić information content (AvgIpc) is 2.95. The Bertz CT molecular complexity index is 1160. The van der Waals surface area contributed by atoms with Gasteiger partial charge in [0.1, 0.15) is 11.6 Å². The lowest BCUT2D eigenvalue weighted by Gasteiger charge is -2.27. The lowest BCUT2D eigenvalue weighted by molar-refractivity contribution is -0.120. The first-order valence-corrected chi connectivity index (χ1v) is 13.2. The molecule has 2 aromatic carbocycles. The number of primary amides is 1. The van der Waals surface area contributed by atoms with Crippen molar-refractivity contribution in [3.8, 4) is 0 Å². The molecule has 2 aromatic rings. The van der Waals surface area contributed by atoms with Crippen LogP contribution in [0.3, 0.4) is 0 Å². The number of fused-ring (bicyclic) bond motifs is 1. The number of rotatable bonds is 8. The fourth-order valence-electron chi connectivity index (χ4n) is 3.70. The fourth-order valence-corrected chi connectivity index (χ4v) is 4.75. The molecule has 0 radical (unpaired) electrons. The number of unbranched alkanes of at least 4 members (excludes halogenated alkanes) is 1. The lowest BCUT2D eigenvalue weighted by Crippen LogP contribution is -2.50. The number of alkyl carbamates (subject to hydrolysis) is 1. The number of nitrogens with zero attached hydrogens (tertiary/aromatic N) is 1. The molecule has 3 rings (SSSR count). The Morgan fingerprint density at radius 1 is 1.11 bits per heavy atom. The van der Waals surface area contributed by atoms with Gasteiger partial charge < -0.3 is 26.0 Å². The summed E-state index contributed by atoms with van der Waals surface area (Å²) < 4.78 is 5.37. The van der Waals surface area contributed by atoms with Gasteiger partial charge in [0, 0.05) is 28.3 Å². The third-order valence-electron chi connectivity index (χ3n) is 5.57. The van der Waals surface area contributed by atoms with Crippen molar-refractivity contribution in [1.82, 2.24) is 10.6 Å². The van der Waals surface area contributed by atoms with E-state index < -0.39 is 23.6 Å². The molecular weight excluding hydrogens is 492 g/mol. The van der Waals surface area contributed by atoms with Gasteiger partial charge in [-0.1, -0.05) is 25.5 Å². The Kier molecular flexibility index (Phi) is 9.20. The van der Waals surface area contributed by atoms with Crippen LogP contribution >= 0.6 is 11.8 Å². The zero-order valence-corrected chi connectivity index (χ0v) is 22.4. The molecule has 0 aliphatic carbocycles. The smallest absolute Gasteiger partial charge is 0.408 e. The molecule has 0 saturated heterocycles. The molecule has 9 nitrogen and oxygen atoms in total. The van der Waals surface area contributed by atoms with Gasteiger partial charge in [-0.15, -0.1) is 11.8 Å². The molecule has 37 heavy (non-hydrogen) atoms. The fraction of sp³-hybridized carbons (Fsp3) is 0.407. The number of carbonyl (C=O) groups is 4. The van der Waals surface area contributed by atoms with Gasteiger partial charge in [0.15, 0.2) is 0 Å². The van der Waals surface area contributed by atoms with Crippen LogP contribution in [0.15, 0.2) is 47.4 Å². The first-order chi connectivity index (χ1) is 17.5. The molecule has 0 bridgehead atoms. The zero-order valence-electron chi connectivity index (χ0n) is 21.6. The molecular formula is C27H34N4O5S. The topological polar surface area (TPSA) is 131 Å². The molecule has 1 aliphatic rings. The number of carbonyl (C=O) groups excluding carboxylic acids is 4. The number of nitrogens with two attached hydrogens (primary N) is 1. The van der Waals surface area contributed by atoms with Crippen molar-refractivity contribution in [2.45, 2.75) is 63.6 Å². The predicted molar refractivity (Wildman–Crippen MR) is 144 cm³/mol. The summed E-state index contributed by atoms with van der Waals surface area (Å²) in [7, 11) is 0. The van der Waals surface area contributed by atoms with E-state index in [1.54, 1.807) is 62.1 Å². The maximum atomic E-state index is 13.7. The van der Waals surface area contributed by atoms with E-state index in [1.165, 1.54) is 11.8 Å². The van der Waals surface area contributed by atoms with Gasteiger partial charge in [0.25, 0.3) is 11.8 Å². The van der Waals surface area contributed by atoms with E-state index in [-0.39, 0.29) is 18.4 Å². The summed E-state index contributed by atoms with van der Waals surface area (Å²) in [6.45, 7) is 8.04. The van der Waals surface area contributed by atoms with Crippen molar-refractivity contribution in [3.05, 3.63) is 59.2 Å². The highest BCUT2D eigenvalue weighted by molar-refractivity contribution is 7.99. The number of anilines is 1. The third-order valence-corrected chi connectivity index (χ3v) is 6.72. The van der Waals surface area contributed by atoms with Crippen LogP contribution < -0.4 is 21.3 Å². The molecule has 198 valence electrons. The van der Waals surface area contributed by atoms with Crippen LogP contribution in [-0.4, -0.2) is 47.8 Å². The molecule has 0 aromatic heterocycles. The van der Waals surface area contributed by atoms with Crippen molar-refractivity contribution < 1.29 is 23.9 Å². The first kappa shape index (κ1) is 28.0. The zero-order chi connectivity index (χ0) is 27.2. The molecule has 0 saturated carbocycles. The Morgan fingerprint density at radius 3 is 2.41 bits per heavy atom. The Morgan fingerprint density at radius 2 is 1.78 bits per heavy atom. The Balaban J connectivity index is 1.94. The van der Waals surface area contributed by atoms with Crippen LogP contribution in [0.2, 0.25) is 0 Å². The number of ether oxygens (including phenoxy) is 1. The molecule has 0 unspecified atom stereocenters. The van der Waals surface area contributed by atoms with Gasteiger partial charge in [0.2, 0.25) is 5.91 Å². The van der Waals surface area contributed by atoms with Crippen LogP contribution in [0.5, 0.6) is 0 Å². The van der Waals surface area contributed by atoms with Crippen LogP contribution in [0.25, 0.3) is 0 Å². The van der Waals surface area contributed by atoms with E-state index in [1.807, 2.05) is 13.0 Å². The van der Waals surface area contributed by atoms with Gasteiger partial charge in [-0.25, -0.2) is 4.79 Å². The van der Waals surface area contributed by atoms with Crippen LogP contribution in [0.4, 0.5) is 10.5 Å². The summed E-state index contributed by atoms with van der Waals surface area (Å²) in [4.78, 5) is 52.8. The highest BCUT2D eigenvalue weighted by atomic mass is 32.2. The molecule has 10 heteroatoms. The van der Waals surface area contributed by atoms with E-state index in [9.17, 15) is 19.2 Å². The van der Waals surface area contributed by atoms with E-state index in [4.69, 9.17) is 10.5 Å². The van der Waals surface area contributed by atoms with E-state index >= 15 is 0 Å². The van der Waals surface area contributed by atoms with Crippen molar-refractivity contribution in [3.63, 3.8) is 0 Å². The van der Waals surface area contributed by atoms with Gasteiger partial charge in [-0.05, 0) is 63.1 Å². The molecule has 0 spiro atoms. The minimum absolute atomic E-state index is 0.166. The van der Waals surface area contributed by atoms with Gasteiger partial charge in [-0.3, -0.25) is 14.4 Å². The van der Waals surface area contributed by atoms with Crippen LogP contribution in [0.1, 0.15) is 66.8 Å². The van der Waals surface area contributed by atoms with E-state index in [2.05, 4.69) is 10.6 Å². The molecule has 4 N–H and O–H groups in total. The molecule has 0 fully saturated rings. The normalized spacial score (nSPS) is 15.4. The first-order valence-electron chi connectivity index (χ1n) is 12.2. The molecule has 1 atom stereocenters. The second-order valence-corrected chi connectivity index (χ2v) is 10.8. The summed E-state index contributed by atoms with van der Waals surface area (Å²) in [5.41, 5.74) is 6.77. The molecule has 4 amide bonds. The second kappa shape index (κ2) is 12.1. The largest absolute Gasteiger partial charge is 0.444 e. The maximum Gasteiger partial charge on any atom is 0.408 e. The molecule has 1 aliphatic heterocycles. The minimum Gasteiger partial charge on any atom is -0.444 e. The second-order valence-electron chi connectivity index (χ2n) is 9.79. The number of amides is 4. The van der Waals surface area contributed by atoms with Crippen molar-refractivity contribution in [2.24, 2.45) is 5.73 Å². The van der Waals surface area contributed by atoms with Gasteiger partial charge >= 0.3 is 6.09 Å². The van der Waals surface area contributed by atoms with Crippen LogP contribution in [0, 0.1) is 0 Å². The number of nitrogens with one attached hydrogen (secondary N) is 2. The summed E-state index contributed by atoms with van der Waals surface area (Å²) >= 11 is 1.42. The minimum atomic E-state index is -0.848.